The molecule has 1 amide bonds. The molecule has 0 aromatic carbocycles. The van der Waals surface area contributed by atoms with Crippen molar-refractivity contribution in [2.24, 2.45) is 5.41 Å². The van der Waals surface area contributed by atoms with Gasteiger partial charge in [-0.15, -0.1) is 0 Å². The largest absolute Gasteiger partial charge is 0.481 e. The molecule has 0 atom stereocenters. The zero-order valence-corrected chi connectivity index (χ0v) is 12.2. The van der Waals surface area contributed by atoms with E-state index in [1.165, 1.54) is 0 Å². The van der Waals surface area contributed by atoms with Crippen LogP contribution in [0.1, 0.15) is 58.3 Å². The van der Waals surface area contributed by atoms with E-state index in [2.05, 4.69) is 0 Å². The Morgan fingerprint density at radius 2 is 1.85 bits per heavy atom. The third-order valence-corrected chi connectivity index (χ3v) is 4.23. The lowest BCUT2D eigenvalue weighted by atomic mass is 9.77. The van der Waals surface area contributed by atoms with Gasteiger partial charge in [0.25, 0.3) is 0 Å². The number of hydrogen-bond acceptors (Lipinski definition) is 3. The van der Waals surface area contributed by atoms with Gasteiger partial charge in [-0.05, 0) is 19.8 Å². The summed E-state index contributed by atoms with van der Waals surface area (Å²) in [5.74, 6) is -0.976. The van der Waals surface area contributed by atoms with E-state index in [1.54, 1.807) is 4.90 Å². The molecule has 0 heterocycles. The van der Waals surface area contributed by atoms with Crippen LogP contribution in [0, 0.1) is 16.7 Å². The molecular formula is C15H24N2O3. The average molecular weight is 280 g/mol. The van der Waals surface area contributed by atoms with Gasteiger partial charge in [0.2, 0.25) is 5.91 Å². The monoisotopic (exact) mass is 280 g/mol. The van der Waals surface area contributed by atoms with Crippen LogP contribution >= 0.6 is 0 Å². The van der Waals surface area contributed by atoms with Crippen LogP contribution in [0.5, 0.6) is 0 Å². The van der Waals surface area contributed by atoms with Crippen LogP contribution < -0.4 is 0 Å². The number of aliphatic carboxylic acids is 1. The quantitative estimate of drug-likeness (QED) is 0.758. The lowest BCUT2D eigenvalue weighted by molar-refractivity contribution is -0.154. The number of amides is 1. The molecule has 0 aromatic rings. The standard InChI is InChI=1S/C15H24N2O3/c1-2-17(11-7-10-16)13(18)12-15(14(19)20)8-5-3-4-6-9-15/h2-9,11-12H2,1H3,(H,19,20). The fourth-order valence-electron chi connectivity index (χ4n) is 2.92. The molecule has 0 aliphatic heterocycles. The van der Waals surface area contributed by atoms with Gasteiger partial charge in [-0.2, -0.15) is 5.26 Å². The predicted octanol–water partition coefficient (Wildman–Crippen LogP) is 2.56. The molecule has 0 aromatic heterocycles. The summed E-state index contributed by atoms with van der Waals surface area (Å²) >= 11 is 0. The first-order valence-electron chi connectivity index (χ1n) is 7.44. The fourth-order valence-corrected chi connectivity index (χ4v) is 2.92. The Labute approximate surface area is 120 Å². The fraction of sp³-hybridized carbons (Fsp3) is 0.800. The van der Waals surface area contributed by atoms with Gasteiger partial charge in [0.1, 0.15) is 0 Å². The molecule has 0 radical (unpaired) electrons. The van der Waals surface area contributed by atoms with Crippen molar-refractivity contribution in [3.05, 3.63) is 0 Å². The van der Waals surface area contributed by atoms with Crippen LogP contribution in [-0.2, 0) is 9.59 Å². The predicted molar refractivity (Wildman–Crippen MR) is 74.9 cm³/mol. The zero-order valence-electron chi connectivity index (χ0n) is 12.2. The second kappa shape index (κ2) is 7.88. The first kappa shape index (κ1) is 16.5. The number of carbonyl (C=O) groups is 2. The molecule has 5 nitrogen and oxygen atoms in total. The van der Waals surface area contributed by atoms with E-state index in [0.717, 1.165) is 25.7 Å². The normalized spacial score (nSPS) is 17.8. The summed E-state index contributed by atoms with van der Waals surface area (Å²) < 4.78 is 0. The molecule has 20 heavy (non-hydrogen) atoms. The highest BCUT2D eigenvalue weighted by molar-refractivity contribution is 5.85. The number of nitrogens with zero attached hydrogens (tertiary/aromatic N) is 2. The summed E-state index contributed by atoms with van der Waals surface area (Å²) in [6.45, 7) is 2.77. The van der Waals surface area contributed by atoms with Gasteiger partial charge < -0.3 is 10.0 Å². The highest BCUT2D eigenvalue weighted by Gasteiger charge is 2.41. The maximum atomic E-state index is 12.3. The summed E-state index contributed by atoms with van der Waals surface area (Å²) in [5, 5.41) is 18.2. The zero-order chi connectivity index (χ0) is 15.0. The first-order valence-corrected chi connectivity index (χ1v) is 7.44. The summed E-state index contributed by atoms with van der Waals surface area (Å²) in [7, 11) is 0. The van der Waals surface area contributed by atoms with E-state index in [1.807, 2.05) is 13.0 Å². The van der Waals surface area contributed by atoms with Crippen molar-refractivity contribution in [1.29, 1.82) is 5.26 Å². The van der Waals surface area contributed by atoms with Crippen LogP contribution in [-0.4, -0.2) is 35.0 Å². The molecule has 1 saturated carbocycles. The minimum absolute atomic E-state index is 0.0710. The second-order valence-corrected chi connectivity index (χ2v) is 5.56. The molecule has 1 aliphatic carbocycles. The maximum Gasteiger partial charge on any atom is 0.310 e. The summed E-state index contributed by atoms with van der Waals surface area (Å²) in [5.41, 5.74) is -0.895. The average Bonchev–Trinajstić information content (AvgIpc) is 2.66. The number of carboxylic acid groups (broad SMARTS) is 1. The molecule has 0 spiro atoms. The minimum Gasteiger partial charge on any atom is -0.481 e. The van der Waals surface area contributed by atoms with Crippen LogP contribution in [0.3, 0.4) is 0 Å². The molecule has 0 bridgehead atoms. The van der Waals surface area contributed by atoms with Crippen LogP contribution in [0.15, 0.2) is 0 Å². The summed E-state index contributed by atoms with van der Waals surface area (Å²) in [6.07, 6.45) is 5.40. The molecule has 1 aliphatic rings. The van der Waals surface area contributed by atoms with Gasteiger partial charge in [-0.1, -0.05) is 25.7 Å². The third kappa shape index (κ3) is 4.22. The van der Waals surface area contributed by atoms with Crippen molar-refractivity contribution < 1.29 is 14.7 Å². The Morgan fingerprint density at radius 3 is 2.30 bits per heavy atom. The van der Waals surface area contributed by atoms with Crippen molar-refractivity contribution in [2.75, 3.05) is 13.1 Å². The number of nitriles is 1. The smallest absolute Gasteiger partial charge is 0.310 e. The Morgan fingerprint density at radius 1 is 1.25 bits per heavy atom. The SMILES string of the molecule is CCN(CCC#N)C(=O)CC1(C(=O)O)CCCCCC1. The second-order valence-electron chi connectivity index (χ2n) is 5.56. The van der Waals surface area contributed by atoms with Crippen molar-refractivity contribution in [3.63, 3.8) is 0 Å². The highest BCUT2D eigenvalue weighted by atomic mass is 16.4. The number of carbonyl (C=O) groups excluding carboxylic acids is 1. The van der Waals surface area contributed by atoms with Crippen LogP contribution in [0.4, 0.5) is 0 Å². The van der Waals surface area contributed by atoms with Crippen molar-refractivity contribution >= 4 is 11.9 Å². The van der Waals surface area contributed by atoms with E-state index >= 15 is 0 Å². The van der Waals surface area contributed by atoms with Crippen molar-refractivity contribution in [3.8, 4) is 6.07 Å². The lowest BCUT2D eigenvalue weighted by Crippen LogP contribution is -2.40. The first-order chi connectivity index (χ1) is 9.55. The topological polar surface area (TPSA) is 81.4 Å². The Balaban J connectivity index is 2.76. The van der Waals surface area contributed by atoms with Crippen LogP contribution in [0.2, 0.25) is 0 Å². The van der Waals surface area contributed by atoms with E-state index in [4.69, 9.17) is 5.26 Å². The molecule has 1 fully saturated rings. The van der Waals surface area contributed by atoms with Gasteiger partial charge in [-0.25, -0.2) is 0 Å². The molecule has 0 saturated heterocycles. The highest BCUT2D eigenvalue weighted by Crippen LogP contribution is 2.38. The van der Waals surface area contributed by atoms with E-state index in [9.17, 15) is 14.7 Å². The lowest BCUT2D eigenvalue weighted by Gasteiger charge is -2.30. The van der Waals surface area contributed by atoms with Gasteiger partial charge in [0.15, 0.2) is 0 Å². The van der Waals surface area contributed by atoms with Gasteiger partial charge >= 0.3 is 5.97 Å². The number of hydrogen-bond donors (Lipinski definition) is 1. The van der Waals surface area contributed by atoms with Gasteiger partial charge in [-0.3, -0.25) is 9.59 Å². The molecule has 1 rings (SSSR count). The number of carboxylic acids is 1. The van der Waals surface area contributed by atoms with E-state index in [0.29, 0.717) is 32.4 Å². The maximum absolute atomic E-state index is 12.3. The Kier molecular flexibility index (Phi) is 6.50. The molecule has 5 heteroatoms. The van der Waals surface area contributed by atoms with E-state index in [-0.39, 0.29) is 12.3 Å². The Bertz CT molecular complexity index is 379. The van der Waals surface area contributed by atoms with Crippen LogP contribution in [0.25, 0.3) is 0 Å². The molecule has 1 N–H and O–H groups in total. The number of rotatable bonds is 6. The van der Waals surface area contributed by atoms with Gasteiger partial charge in [0, 0.05) is 19.5 Å². The minimum atomic E-state index is -0.895. The molecular weight excluding hydrogens is 256 g/mol. The van der Waals surface area contributed by atoms with Gasteiger partial charge in [0.05, 0.1) is 17.9 Å². The molecule has 0 unspecified atom stereocenters. The Hall–Kier alpha value is -1.57. The molecule has 112 valence electrons. The summed E-state index contributed by atoms with van der Waals surface area (Å²) in [4.78, 5) is 25.6. The third-order valence-electron chi connectivity index (χ3n) is 4.23. The van der Waals surface area contributed by atoms with E-state index < -0.39 is 11.4 Å². The summed E-state index contributed by atoms with van der Waals surface area (Å²) in [6, 6.07) is 2.02. The van der Waals surface area contributed by atoms with Crippen molar-refractivity contribution in [2.45, 2.75) is 58.3 Å². The van der Waals surface area contributed by atoms with Crippen molar-refractivity contribution in [1.82, 2.24) is 4.90 Å².